The Bertz CT molecular complexity index is 164. The summed E-state index contributed by atoms with van der Waals surface area (Å²) in [5, 5.41) is 8.28. The number of nitrogens with zero attached hydrogens (tertiary/aromatic N) is 2. The summed E-state index contributed by atoms with van der Waals surface area (Å²) in [7, 11) is 1.47. The maximum absolute atomic E-state index is 8.28. The number of methoxy groups -OCH3 is 1. The molecule has 0 aliphatic carbocycles. The summed E-state index contributed by atoms with van der Waals surface area (Å²) in [6.45, 7) is 1.74. The van der Waals surface area contributed by atoms with Gasteiger partial charge in [0.2, 0.25) is 0 Å². The second-order valence-corrected chi connectivity index (χ2v) is 1.24. The van der Waals surface area contributed by atoms with E-state index in [0.717, 1.165) is 0 Å². The van der Waals surface area contributed by atoms with Crippen molar-refractivity contribution in [2.24, 2.45) is 4.99 Å². The van der Waals surface area contributed by atoms with Gasteiger partial charge in [0.1, 0.15) is 12.3 Å². The van der Waals surface area contributed by atoms with Crippen molar-refractivity contribution in [1.29, 1.82) is 5.26 Å². The van der Waals surface area contributed by atoms with Crippen molar-refractivity contribution in [3.63, 3.8) is 0 Å². The smallest absolute Gasteiger partial charge is 0.174 e. The van der Waals surface area contributed by atoms with Crippen LogP contribution in [0.3, 0.4) is 0 Å². The molecule has 0 saturated heterocycles. The van der Waals surface area contributed by atoms with Crippen molar-refractivity contribution < 1.29 is 4.74 Å². The van der Waals surface area contributed by atoms with Crippen LogP contribution in [-0.2, 0) is 4.74 Å². The molecule has 0 aliphatic heterocycles. The van der Waals surface area contributed by atoms with Crippen molar-refractivity contribution in [1.82, 2.24) is 0 Å². The highest BCUT2D eigenvalue weighted by atomic mass is 16.5. The molecule has 0 aliphatic rings. The van der Waals surface area contributed by atoms with Crippen LogP contribution >= 0.6 is 0 Å². The molecule has 48 valence electrons. The Labute approximate surface area is 54.3 Å². The van der Waals surface area contributed by atoms with Crippen LogP contribution in [0.5, 0.6) is 0 Å². The molecular weight excluding hydrogens is 116 g/mol. The largest absolute Gasteiger partial charge is 0.501 e. The van der Waals surface area contributed by atoms with E-state index >= 15 is 0 Å². The predicted molar refractivity (Wildman–Crippen MR) is 34.9 cm³/mol. The van der Waals surface area contributed by atoms with Crippen molar-refractivity contribution >= 4 is 6.21 Å². The van der Waals surface area contributed by atoms with Crippen LogP contribution in [0.4, 0.5) is 0 Å². The molecule has 9 heavy (non-hydrogen) atoms. The molecule has 0 aromatic rings. The highest BCUT2D eigenvalue weighted by molar-refractivity contribution is 5.56. The van der Waals surface area contributed by atoms with Gasteiger partial charge < -0.3 is 4.74 Å². The molecule has 0 atom stereocenters. The van der Waals surface area contributed by atoms with E-state index in [9.17, 15) is 0 Å². The molecule has 0 unspecified atom stereocenters. The first-order valence-electron chi connectivity index (χ1n) is 2.47. The van der Waals surface area contributed by atoms with Crippen LogP contribution < -0.4 is 0 Å². The first kappa shape index (κ1) is 7.70. The molecular formula is C6H8N2O. The Morgan fingerprint density at radius 3 is 2.78 bits per heavy atom. The van der Waals surface area contributed by atoms with E-state index in [4.69, 9.17) is 5.26 Å². The van der Waals surface area contributed by atoms with Gasteiger partial charge in [-0.15, -0.1) is 0 Å². The average molecular weight is 124 g/mol. The summed E-state index contributed by atoms with van der Waals surface area (Å²) in [5.41, 5.74) is 0.278. The Kier molecular flexibility index (Phi) is 4.15. The maximum atomic E-state index is 8.28. The average Bonchev–Trinajstić information content (AvgIpc) is 1.88. The second kappa shape index (κ2) is 4.85. The van der Waals surface area contributed by atoms with Crippen LogP contribution in [0, 0.1) is 11.3 Å². The normalized spacial score (nSPS) is 11.4. The van der Waals surface area contributed by atoms with Gasteiger partial charge in [-0.2, -0.15) is 5.26 Å². The summed E-state index contributed by atoms with van der Waals surface area (Å²) in [6.07, 6.45) is 2.83. The SMILES string of the molecule is C/C=N\C(C#N)=C/OC. The van der Waals surface area contributed by atoms with Crippen LogP contribution in [-0.4, -0.2) is 13.3 Å². The van der Waals surface area contributed by atoms with E-state index in [0.29, 0.717) is 0 Å². The van der Waals surface area contributed by atoms with Crippen molar-refractivity contribution in [3.8, 4) is 6.07 Å². The number of allylic oxidation sites excluding steroid dienone is 1. The van der Waals surface area contributed by atoms with Gasteiger partial charge >= 0.3 is 0 Å². The summed E-state index contributed by atoms with van der Waals surface area (Å²) in [5.74, 6) is 0. The molecule has 0 aromatic heterocycles. The Morgan fingerprint density at radius 2 is 2.44 bits per heavy atom. The van der Waals surface area contributed by atoms with E-state index in [1.807, 2.05) is 6.07 Å². The Balaban J connectivity index is 4.02. The monoisotopic (exact) mass is 124 g/mol. The lowest BCUT2D eigenvalue weighted by Crippen LogP contribution is -1.74. The molecule has 0 heterocycles. The van der Waals surface area contributed by atoms with E-state index in [1.54, 1.807) is 6.92 Å². The fourth-order valence-corrected chi connectivity index (χ4v) is 0.336. The van der Waals surface area contributed by atoms with Gasteiger partial charge in [0.15, 0.2) is 5.70 Å². The summed E-state index contributed by atoms with van der Waals surface area (Å²) < 4.78 is 4.55. The highest BCUT2D eigenvalue weighted by Gasteiger charge is 1.84. The third-order valence-electron chi connectivity index (χ3n) is 0.612. The van der Waals surface area contributed by atoms with Crippen molar-refractivity contribution in [2.45, 2.75) is 6.92 Å². The topological polar surface area (TPSA) is 45.4 Å². The predicted octanol–water partition coefficient (Wildman–Crippen LogP) is 1.09. The van der Waals surface area contributed by atoms with Gasteiger partial charge in [0.05, 0.1) is 7.11 Å². The molecule has 0 bridgehead atoms. The van der Waals surface area contributed by atoms with Gasteiger partial charge in [0, 0.05) is 6.21 Å². The second-order valence-electron chi connectivity index (χ2n) is 1.24. The number of ether oxygens (including phenoxy) is 1. The summed E-state index contributed by atoms with van der Waals surface area (Å²) in [4.78, 5) is 3.68. The third-order valence-corrected chi connectivity index (χ3v) is 0.612. The molecule has 0 radical (unpaired) electrons. The van der Waals surface area contributed by atoms with E-state index < -0.39 is 0 Å². The molecule has 0 aromatic carbocycles. The van der Waals surface area contributed by atoms with Crippen LogP contribution in [0.15, 0.2) is 17.0 Å². The quantitative estimate of drug-likeness (QED) is 0.314. The number of hydrogen-bond donors (Lipinski definition) is 0. The van der Waals surface area contributed by atoms with Crippen LogP contribution in [0.25, 0.3) is 0 Å². The van der Waals surface area contributed by atoms with Gasteiger partial charge in [-0.3, -0.25) is 0 Å². The summed E-state index contributed by atoms with van der Waals surface area (Å²) in [6, 6.07) is 1.84. The lowest BCUT2D eigenvalue weighted by Gasteiger charge is -1.85. The number of hydrogen-bond acceptors (Lipinski definition) is 3. The van der Waals surface area contributed by atoms with Gasteiger partial charge in [0.25, 0.3) is 0 Å². The fourth-order valence-electron chi connectivity index (χ4n) is 0.336. The first-order chi connectivity index (χ1) is 4.35. The van der Waals surface area contributed by atoms with Crippen molar-refractivity contribution in [2.75, 3.05) is 7.11 Å². The molecule has 0 N–H and O–H groups in total. The molecule has 0 fully saturated rings. The number of nitriles is 1. The van der Waals surface area contributed by atoms with Crippen LogP contribution in [0.2, 0.25) is 0 Å². The van der Waals surface area contributed by atoms with Gasteiger partial charge in [-0.1, -0.05) is 0 Å². The van der Waals surface area contributed by atoms with Crippen molar-refractivity contribution in [3.05, 3.63) is 12.0 Å². The minimum absolute atomic E-state index is 0.278. The number of rotatable bonds is 2. The summed E-state index contributed by atoms with van der Waals surface area (Å²) >= 11 is 0. The maximum Gasteiger partial charge on any atom is 0.174 e. The van der Waals surface area contributed by atoms with E-state index in [-0.39, 0.29) is 5.70 Å². The van der Waals surface area contributed by atoms with E-state index in [1.165, 1.54) is 19.6 Å². The Morgan fingerprint density at radius 1 is 1.78 bits per heavy atom. The zero-order valence-electron chi connectivity index (χ0n) is 5.46. The first-order valence-corrected chi connectivity index (χ1v) is 2.47. The third kappa shape index (κ3) is 3.30. The highest BCUT2D eigenvalue weighted by Crippen LogP contribution is 1.91. The van der Waals surface area contributed by atoms with Crippen LogP contribution in [0.1, 0.15) is 6.92 Å². The Hall–Kier alpha value is -1.30. The fraction of sp³-hybridized carbons (Fsp3) is 0.333. The molecule has 3 nitrogen and oxygen atoms in total. The number of aliphatic imine (C=N–C) groups is 1. The molecule has 0 amide bonds. The van der Waals surface area contributed by atoms with E-state index in [2.05, 4.69) is 9.73 Å². The standard InChI is InChI=1S/C6H8N2O/c1-3-8-6(4-7)5-9-2/h3,5H,1-2H3/b6-5-,8-3-. The zero-order valence-corrected chi connectivity index (χ0v) is 5.46. The van der Waals surface area contributed by atoms with Gasteiger partial charge in [-0.05, 0) is 6.92 Å². The lowest BCUT2D eigenvalue weighted by molar-refractivity contribution is 0.335. The minimum Gasteiger partial charge on any atom is -0.501 e. The van der Waals surface area contributed by atoms with Gasteiger partial charge in [-0.25, -0.2) is 4.99 Å². The zero-order chi connectivity index (χ0) is 7.11. The molecule has 0 saturated carbocycles. The molecule has 0 rings (SSSR count). The lowest BCUT2D eigenvalue weighted by atomic mass is 10.5. The minimum atomic E-state index is 0.278. The molecule has 0 spiro atoms. The molecule has 3 heteroatoms.